The summed E-state index contributed by atoms with van der Waals surface area (Å²) in [5.41, 5.74) is 6.84. The Balaban J connectivity index is 3.34. The molecule has 16 heavy (non-hydrogen) atoms. The van der Waals surface area contributed by atoms with E-state index in [9.17, 15) is 19.8 Å². The van der Waals surface area contributed by atoms with E-state index < -0.39 is 24.0 Å². The first-order chi connectivity index (χ1) is 7.45. The van der Waals surface area contributed by atoms with Gasteiger partial charge in [0.1, 0.15) is 12.1 Å². The highest BCUT2D eigenvalue weighted by molar-refractivity contribution is 8.02. The van der Waals surface area contributed by atoms with E-state index in [0.29, 0.717) is 11.5 Å². The molecule has 94 valence electrons. The quantitative estimate of drug-likeness (QED) is 0.403. The smallest absolute Gasteiger partial charge is 0.134 e. The topological polar surface area (TPSA) is 136 Å². The van der Waals surface area contributed by atoms with Gasteiger partial charge in [0.2, 0.25) is 0 Å². The third kappa shape index (κ3) is 7.80. The van der Waals surface area contributed by atoms with Gasteiger partial charge in [0.15, 0.2) is 0 Å². The second kappa shape index (κ2) is 8.68. The maximum Gasteiger partial charge on any atom is 0.134 e. The Labute approximate surface area is 102 Å². The minimum Gasteiger partial charge on any atom is -0.544 e. The molecule has 0 aromatic heterocycles. The number of aliphatic carboxylic acids is 2. The van der Waals surface area contributed by atoms with Crippen LogP contribution in [0.25, 0.3) is 0 Å². The lowest BCUT2D eigenvalue weighted by Crippen LogP contribution is -2.69. The molecule has 0 saturated carbocycles. The van der Waals surface area contributed by atoms with Crippen LogP contribution >= 0.6 is 23.5 Å². The van der Waals surface area contributed by atoms with Crippen molar-refractivity contribution in [2.75, 3.05) is 23.0 Å². The van der Waals surface area contributed by atoms with Gasteiger partial charge in [-0.25, -0.2) is 0 Å². The standard InChI is InChI=1S/C8H16N2O4S2/c9-5(7(11)12)3-15-1-2-16-4-6(10)8(13)14/h5-6H,1-4,9-10H2,(H,11,12)(H,13,14)/t5-,6+. The molecule has 0 aromatic carbocycles. The van der Waals surface area contributed by atoms with Crippen LogP contribution in [0.2, 0.25) is 0 Å². The minimum atomic E-state index is -1.14. The third-order valence-corrected chi connectivity index (χ3v) is 4.20. The predicted octanol–water partition coefficient (Wildman–Crippen LogP) is -4.83. The Morgan fingerprint density at radius 2 is 1.25 bits per heavy atom. The molecule has 0 aromatic rings. The highest BCUT2D eigenvalue weighted by atomic mass is 32.2. The number of carbonyl (C=O) groups excluding carboxylic acids is 2. The van der Waals surface area contributed by atoms with Gasteiger partial charge in [-0.3, -0.25) is 0 Å². The Hall–Kier alpha value is -0.440. The molecule has 2 atom stereocenters. The molecule has 0 radical (unpaired) electrons. The summed E-state index contributed by atoms with van der Waals surface area (Å²) < 4.78 is 0. The number of carbonyl (C=O) groups is 2. The van der Waals surface area contributed by atoms with Crippen molar-refractivity contribution in [3.05, 3.63) is 0 Å². The summed E-state index contributed by atoms with van der Waals surface area (Å²) in [5.74, 6) is 0.0480. The van der Waals surface area contributed by atoms with Gasteiger partial charge in [-0.1, -0.05) is 0 Å². The maximum absolute atomic E-state index is 10.3. The van der Waals surface area contributed by atoms with Crippen LogP contribution < -0.4 is 21.7 Å². The summed E-state index contributed by atoms with van der Waals surface area (Å²) >= 11 is 2.92. The highest BCUT2D eigenvalue weighted by Crippen LogP contribution is 2.07. The van der Waals surface area contributed by atoms with Crippen LogP contribution in [-0.4, -0.2) is 47.0 Å². The Bertz CT molecular complexity index is 216. The molecule has 0 amide bonds. The van der Waals surface area contributed by atoms with Crippen molar-refractivity contribution < 1.29 is 31.3 Å². The fraction of sp³-hybridized carbons (Fsp3) is 0.750. The van der Waals surface area contributed by atoms with E-state index in [0.717, 1.165) is 11.5 Å². The average molecular weight is 268 g/mol. The molecule has 0 aliphatic carbocycles. The van der Waals surface area contributed by atoms with Gasteiger partial charge in [-0.15, -0.1) is 0 Å². The van der Waals surface area contributed by atoms with Gasteiger partial charge in [-0.2, -0.15) is 23.5 Å². The molecule has 0 fully saturated rings. The number of hydrogen-bond donors (Lipinski definition) is 2. The van der Waals surface area contributed by atoms with Crippen molar-refractivity contribution in [3.63, 3.8) is 0 Å². The van der Waals surface area contributed by atoms with Crippen LogP contribution in [0.1, 0.15) is 0 Å². The molecule has 6 nitrogen and oxygen atoms in total. The lowest BCUT2D eigenvalue weighted by Gasteiger charge is -2.10. The van der Waals surface area contributed by atoms with E-state index in [1.165, 1.54) is 23.5 Å². The summed E-state index contributed by atoms with van der Waals surface area (Å²) in [6.07, 6.45) is 0. The van der Waals surface area contributed by atoms with E-state index in [-0.39, 0.29) is 0 Å². The lowest BCUT2D eigenvalue weighted by atomic mass is 10.4. The van der Waals surface area contributed by atoms with Crippen molar-refractivity contribution in [2.24, 2.45) is 0 Å². The summed E-state index contributed by atoms with van der Waals surface area (Å²) in [7, 11) is 0. The number of quaternary nitrogens is 2. The molecule has 8 heteroatoms. The zero-order chi connectivity index (χ0) is 12.6. The Morgan fingerprint density at radius 3 is 1.50 bits per heavy atom. The van der Waals surface area contributed by atoms with E-state index >= 15 is 0 Å². The van der Waals surface area contributed by atoms with Crippen molar-refractivity contribution in [2.45, 2.75) is 12.1 Å². The second-order valence-corrected chi connectivity index (χ2v) is 5.48. The van der Waals surface area contributed by atoms with Gasteiger partial charge in [0.05, 0.1) is 23.4 Å². The van der Waals surface area contributed by atoms with E-state index in [2.05, 4.69) is 11.5 Å². The van der Waals surface area contributed by atoms with Crippen LogP contribution in [0.15, 0.2) is 0 Å². The molecule has 6 N–H and O–H groups in total. The molecular formula is C8H16N2O4S2. The fourth-order valence-corrected chi connectivity index (χ4v) is 2.82. The zero-order valence-electron chi connectivity index (χ0n) is 8.85. The Morgan fingerprint density at radius 1 is 0.938 bits per heavy atom. The third-order valence-electron chi connectivity index (χ3n) is 1.68. The first-order valence-corrected chi connectivity index (χ1v) is 6.99. The Kier molecular flexibility index (Phi) is 8.44. The monoisotopic (exact) mass is 268 g/mol. The molecule has 0 saturated heterocycles. The van der Waals surface area contributed by atoms with E-state index in [1.54, 1.807) is 0 Å². The first kappa shape index (κ1) is 15.6. The second-order valence-electron chi connectivity index (χ2n) is 3.18. The summed E-state index contributed by atoms with van der Waals surface area (Å²) in [6.45, 7) is 0. The minimum absolute atomic E-state index is 0.414. The molecule has 0 aliphatic rings. The van der Waals surface area contributed by atoms with Crippen molar-refractivity contribution in [3.8, 4) is 0 Å². The number of carboxylic acids is 2. The molecule has 0 aliphatic heterocycles. The largest absolute Gasteiger partial charge is 0.544 e. The SMILES string of the molecule is [NH3+][C@H](CSCCSC[C@H]([NH3+])C(=O)[O-])C(=O)[O-]. The number of rotatable bonds is 9. The van der Waals surface area contributed by atoms with Gasteiger partial charge in [0.25, 0.3) is 0 Å². The van der Waals surface area contributed by atoms with Crippen molar-refractivity contribution in [1.29, 1.82) is 0 Å². The zero-order valence-corrected chi connectivity index (χ0v) is 10.5. The molecule has 0 spiro atoms. The van der Waals surface area contributed by atoms with E-state index in [1.807, 2.05) is 0 Å². The highest BCUT2D eigenvalue weighted by Gasteiger charge is 2.08. The van der Waals surface area contributed by atoms with Crippen LogP contribution in [0, 0.1) is 0 Å². The first-order valence-electron chi connectivity index (χ1n) is 4.68. The normalized spacial score (nSPS) is 14.4. The fourth-order valence-electron chi connectivity index (χ4n) is 0.705. The molecule has 0 unspecified atom stereocenters. The van der Waals surface area contributed by atoms with Crippen molar-refractivity contribution in [1.82, 2.24) is 0 Å². The van der Waals surface area contributed by atoms with Crippen LogP contribution in [0.5, 0.6) is 0 Å². The lowest BCUT2D eigenvalue weighted by molar-refractivity contribution is -0.431. The molecule has 0 heterocycles. The van der Waals surface area contributed by atoms with Gasteiger partial charge >= 0.3 is 0 Å². The summed E-state index contributed by atoms with van der Waals surface area (Å²) in [6, 6.07) is -1.39. The predicted molar refractivity (Wildman–Crippen MR) is 58.0 cm³/mol. The summed E-state index contributed by atoms with van der Waals surface area (Å²) in [5, 5.41) is 20.6. The number of carboxylic acid groups (broad SMARTS) is 2. The van der Waals surface area contributed by atoms with Gasteiger partial charge in [-0.05, 0) is 0 Å². The summed E-state index contributed by atoms with van der Waals surface area (Å²) in [4.78, 5) is 20.6. The maximum atomic E-state index is 10.3. The average Bonchev–Trinajstić information content (AvgIpc) is 2.21. The molecule has 0 rings (SSSR count). The van der Waals surface area contributed by atoms with E-state index in [4.69, 9.17) is 0 Å². The van der Waals surface area contributed by atoms with Crippen LogP contribution in [0.3, 0.4) is 0 Å². The number of hydrogen-bond acceptors (Lipinski definition) is 6. The van der Waals surface area contributed by atoms with Gasteiger partial charge < -0.3 is 31.3 Å². The number of thioether (sulfide) groups is 2. The van der Waals surface area contributed by atoms with Crippen molar-refractivity contribution >= 4 is 35.5 Å². The van der Waals surface area contributed by atoms with Crippen LogP contribution in [-0.2, 0) is 9.59 Å². The molecular weight excluding hydrogens is 252 g/mol. The van der Waals surface area contributed by atoms with Gasteiger partial charge in [0, 0.05) is 11.5 Å². The van der Waals surface area contributed by atoms with Crippen LogP contribution in [0.4, 0.5) is 0 Å². The molecule has 0 bridgehead atoms.